The van der Waals surface area contributed by atoms with Gasteiger partial charge in [0.15, 0.2) is 0 Å². The molecule has 0 aliphatic carbocycles. The second-order valence-corrected chi connectivity index (χ2v) is 7.78. The summed E-state index contributed by atoms with van der Waals surface area (Å²) < 4.78 is 0. The number of hydrogen-bond donors (Lipinski definition) is 2. The van der Waals surface area contributed by atoms with Crippen LogP contribution in [0.5, 0.6) is 0 Å². The van der Waals surface area contributed by atoms with E-state index in [1.54, 1.807) is 0 Å². The van der Waals surface area contributed by atoms with Crippen molar-refractivity contribution in [1.82, 2.24) is 5.32 Å². The number of carboxylic acid groups (broad SMARTS) is 1. The molecule has 0 aliphatic rings. The lowest BCUT2D eigenvalue weighted by Gasteiger charge is -2.29. The van der Waals surface area contributed by atoms with E-state index in [9.17, 15) is 9.59 Å². The Labute approximate surface area is 117 Å². The Balaban J connectivity index is 4.48. The van der Waals surface area contributed by atoms with E-state index in [-0.39, 0.29) is 17.2 Å². The maximum absolute atomic E-state index is 11.9. The molecule has 0 bridgehead atoms. The Kier molecular flexibility index (Phi) is 6.04. The van der Waals surface area contributed by atoms with Gasteiger partial charge in [0, 0.05) is 6.42 Å². The van der Waals surface area contributed by atoms with E-state index in [0.717, 1.165) is 6.42 Å². The first-order chi connectivity index (χ1) is 8.33. The first-order valence-corrected chi connectivity index (χ1v) is 6.85. The monoisotopic (exact) mass is 271 g/mol. The van der Waals surface area contributed by atoms with E-state index in [1.165, 1.54) is 0 Å². The number of hydrogen-bond acceptors (Lipinski definition) is 2. The molecule has 2 N–H and O–H groups in total. The quantitative estimate of drug-likeness (QED) is 0.807. The van der Waals surface area contributed by atoms with Crippen molar-refractivity contribution in [2.24, 2.45) is 16.7 Å². The lowest BCUT2D eigenvalue weighted by Crippen LogP contribution is -2.49. The number of carbonyl (C=O) groups is 2. The summed E-state index contributed by atoms with van der Waals surface area (Å²) in [5.74, 6) is -0.919. The Morgan fingerprint density at radius 1 is 1.11 bits per heavy atom. The van der Waals surface area contributed by atoms with Crippen molar-refractivity contribution < 1.29 is 14.7 Å². The third-order valence-corrected chi connectivity index (χ3v) is 2.91. The molecule has 0 saturated carbocycles. The van der Waals surface area contributed by atoms with Crippen molar-refractivity contribution in [2.45, 2.75) is 67.3 Å². The Morgan fingerprint density at radius 3 is 1.89 bits per heavy atom. The summed E-state index contributed by atoms with van der Waals surface area (Å²) in [6, 6.07) is -0.846. The molecule has 0 aromatic carbocycles. The SMILES string of the molecule is CC(CC(=O)N[C@@H](C(=O)O)C(C)(C)C)CC(C)(C)C. The Morgan fingerprint density at radius 2 is 1.58 bits per heavy atom. The highest BCUT2D eigenvalue weighted by Gasteiger charge is 2.32. The lowest BCUT2D eigenvalue weighted by molar-refractivity contribution is -0.145. The number of nitrogens with one attached hydrogen (secondary N) is 1. The summed E-state index contributed by atoms with van der Waals surface area (Å²) in [5.41, 5.74) is -0.315. The lowest BCUT2D eigenvalue weighted by atomic mass is 9.83. The zero-order valence-electron chi connectivity index (χ0n) is 13.3. The second-order valence-electron chi connectivity index (χ2n) is 7.78. The van der Waals surface area contributed by atoms with E-state index in [1.807, 2.05) is 27.7 Å². The number of amides is 1. The number of aliphatic carboxylic acids is 1. The molecule has 1 amide bonds. The van der Waals surface area contributed by atoms with Gasteiger partial charge >= 0.3 is 5.97 Å². The molecule has 0 saturated heterocycles. The number of carboxylic acids is 1. The van der Waals surface area contributed by atoms with Crippen LogP contribution >= 0.6 is 0 Å². The van der Waals surface area contributed by atoms with Crippen molar-refractivity contribution in [3.05, 3.63) is 0 Å². The van der Waals surface area contributed by atoms with E-state index in [0.29, 0.717) is 6.42 Å². The molecule has 19 heavy (non-hydrogen) atoms. The van der Waals surface area contributed by atoms with Crippen LogP contribution in [0.2, 0.25) is 0 Å². The average Bonchev–Trinajstić information content (AvgIpc) is 2.07. The molecule has 0 fully saturated rings. The van der Waals surface area contributed by atoms with Gasteiger partial charge < -0.3 is 10.4 Å². The van der Waals surface area contributed by atoms with Gasteiger partial charge in [-0.3, -0.25) is 4.79 Å². The molecular weight excluding hydrogens is 242 g/mol. The van der Waals surface area contributed by atoms with E-state index < -0.39 is 17.4 Å². The Hall–Kier alpha value is -1.06. The molecule has 0 aliphatic heterocycles. The molecule has 0 radical (unpaired) electrons. The summed E-state index contributed by atoms with van der Waals surface area (Å²) in [4.78, 5) is 23.1. The molecular formula is C15H29NO3. The minimum atomic E-state index is -0.982. The van der Waals surface area contributed by atoms with Crippen molar-refractivity contribution >= 4 is 11.9 Å². The summed E-state index contributed by atoms with van der Waals surface area (Å²) >= 11 is 0. The van der Waals surface area contributed by atoms with Gasteiger partial charge in [0.2, 0.25) is 5.91 Å². The number of carbonyl (C=O) groups excluding carboxylic acids is 1. The van der Waals surface area contributed by atoms with Crippen molar-refractivity contribution in [2.75, 3.05) is 0 Å². The number of rotatable bonds is 5. The third-order valence-electron chi connectivity index (χ3n) is 2.91. The van der Waals surface area contributed by atoms with Crippen LogP contribution in [-0.4, -0.2) is 23.0 Å². The summed E-state index contributed by atoms with van der Waals surface area (Å²) in [7, 11) is 0. The molecule has 0 spiro atoms. The minimum absolute atomic E-state index is 0.177. The van der Waals surface area contributed by atoms with Gasteiger partial charge in [-0.2, -0.15) is 0 Å². The highest BCUT2D eigenvalue weighted by Crippen LogP contribution is 2.26. The molecule has 2 atom stereocenters. The maximum Gasteiger partial charge on any atom is 0.326 e. The van der Waals surface area contributed by atoms with Gasteiger partial charge in [-0.05, 0) is 23.2 Å². The zero-order valence-corrected chi connectivity index (χ0v) is 13.3. The van der Waals surface area contributed by atoms with Crippen LogP contribution < -0.4 is 5.32 Å². The average molecular weight is 271 g/mol. The van der Waals surface area contributed by atoms with Gasteiger partial charge in [-0.25, -0.2) is 4.79 Å². The smallest absolute Gasteiger partial charge is 0.326 e. The van der Waals surface area contributed by atoms with Gasteiger partial charge in [-0.1, -0.05) is 48.5 Å². The fourth-order valence-electron chi connectivity index (χ4n) is 2.30. The summed E-state index contributed by atoms with van der Waals surface area (Å²) in [6.07, 6.45) is 1.31. The molecule has 0 rings (SSSR count). The first kappa shape index (κ1) is 17.9. The molecule has 0 aromatic rings. The predicted molar refractivity (Wildman–Crippen MR) is 76.9 cm³/mol. The van der Waals surface area contributed by atoms with Crippen LogP contribution in [0.15, 0.2) is 0 Å². The molecule has 4 nitrogen and oxygen atoms in total. The van der Waals surface area contributed by atoms with E-state index in [2.05, 4.69) is 26.1 Å². The van der Waals surface area contributed by atoms with Crippen molar-refractivity contribution in [3.63, 3.8) is 0 Å². The standard InChI is InChI=1S/C15H29NO3/c1-10(9-14(2,3)4)8-11(17)16-12(13(18)19)15(5,6)7/h10,12H,8-9H2,1-7H3,(H,16,17)(H,18,19)/t10?,12-/m0/s1. The minimum Gasteiger partial charge on any atom is -0.480 e. The van der Waals surface area contributed by atoms with Crippen molar-refractivity contribution in [3.8, 4) is 0 Å². The molecule has 0 aromatic heterocycles. The molecule has 0 heterocycles. The molecule has 1 unspecified atom stereocenters. The first-order valence-electron chi connectivity index (χ1n) is 6.85. The van der Waals surface area contributed by atoms with Crippen LogP contribution in [0.3, 0.4) is 0 Å². The fraction of sp³-hybridized carbons (Fsp3) is 0.867. The van der Waals surface area contributed by atoms with E-state index >= 15 is 0 Å². The van der Waals surface area contributed by atoms with E-state index in [4.69, 9.17) is 5.11 Å². The normalized spacial score (nSPS) is 15.7. The fourth-order valence-corrected chi connectivity index (χ4v) is 2.30. The predicted octanol–water partition coefficient (Wildman–Crippen LogP) is 3.06. The third kappa shape index (κ3) is 7.85. The highest BCUT2D eigenvalue weighted by molar-refractivity contribution is 5.84. The molecule has 112 valence electrons. The van der Waals surface area contributed by atoms with Gasteiger partial charge in [0.1, 0.15) is 6.04 Å². The van der Waals surface area contributed by atoms with Crippen LogP contribution in [0.1, 0.15) is 61.3 Å². The zero-order chi connectivity index (χ0) is 15.4. The summed E-state index contributed by atoms with van der Waals surface area (Å²) in [5, 5.41) is 11.8. The maximum atomic E-state index is 11.9. The Bertz CT molecular complexity index is 323. The van der Waals surface area contributed by atoms with Crippen LogP contribution in [0.25, 0.3) is 0 Å². The van der Waals surface area contributed by atoms with Gasteiger partial charge in [0.25, 0.3) is 0 Å². The van der Waals surface area contributed by atoms with Crippen LogP contribution in [0.4, 0.5) is 0 Å². The highest BCUT2D eigenvalue weighted by atomic mass is 16.4. The van der Waals surface area contributed by atoms with Crippen LogP contribution in [0, 0.1) is 16.7 Å². The van der Waals surface area contributed by atoms with Gasteiger partial charge in [0.05, 0.1) is 0 Å². The second kappa shape index (κ2) is 6.40. The molecule has 4 heteroatoms. The largest absolute Gasteiger partial charge is 0.480 e. The van der Waals surface area contributed by atoms with Crippen molar-refractivity contribution in [1.29, 1.82) is 0 Å². The summed E-state index contributed by atoms with van der Waals surface area (Å²) in [6.45, 7) is 13.9. The van der Waals surface area contributed by atoms with Crippen LogP contribution in [-0.2, 0) is 9.59 Å². The topological polar surface area (TPSA) is 66.4 Å². The van der Waals surface area contributed by atoms with Gasteiger partial charge in [-0.15, -0.1) is 0 Å².